The quantitative estimate of drug-likeness (QED) is 0.501. The number of hydrogen-bond donors (Lipinski definition) is 1. The molecule has 5 nitrogen and oxygen atoms in total. The number of aryl methyl sites for hydroxylation is 4. The first-order valence-corrected chi connectivity index (χ1v) is 10.4. The number of para-hydroxylation sites is 2. The molecule has 0 spiro atoms. The van der Waals surface area contributed by atoms with E-state index in [1.807, 2.05) is 25.1 Å². The SMILES string of the molecule is Cc1nc2ccccc2n1CCCNC(=O)Cc1coc2cc3c(cc12)CCC3. The molecule has 0 radical (unpaired) electrons. The maximum atomic E-state index is 12.5. The van der Waals surface area contributed by atoms with Gasteiger partial charge in [-0.05, 0) is 68.0 Å². The largest absolute Gasteiger partial charge is 0.464 e. The molecule has 1 N–H and O–H groups in total. The molecule has 2 aromatic heterocycles. The standard InChI is InChI=1S/C24H25N3O2/c1-16-26-21-8-2-3-9-22(21)27(16)11-5-10-25-24(28)14-19-15-29-23-13-18-7-4-6-17(18)12-20(19)23/h2-3,8-9,12-13,15H,4-7,10-11,14H2,1H3,(H,25,28). The van der Waals surface area contributed by atoms with Crippen LogP contribution in [0.3, 0.4) is 0 Å². The van der Waals surface area contributed by atoms with E-state index in [-0.39, 0.29) is 5.91 Å². The van der Waals surface area contributed by atoms with Crippen LogP contribution in [0.1, 0.15) is 35.4 Å². The van der Waals surface area contributed by atoms with Crippen LogP contribution in [0, 0.1) is 6.92 Å². The predicted octanol–water partition coefficient (Wildman–Crippen LogP) is 4.33. The fraction of sp³-hybridized carbons (Fsp3) is 0.333. The Labute approximate surface area is 169 Å². The summed E-state index contributed by atoms with van der Waals surface area (Å²) in [5.41, 5.74) is 6.84. The summed E-state index contributed by atoms with van der Waals surface area (Å²) in [6, 6.07) is 12.5. The number of rotatable bonds is 6. The highest BCUT2D eigenvalue weighted by Crippen LogP contribution is 2.30. The van der Waals surface area contributed by atoms with E-state index in [9.17, 15) is 4.79 Å². The van der Waals surface area contributed by atoms with Crippen molar-refractivity contribution in [2.45, 2.75) is 45.6 Å². The summed E-state index contributed by atoms with van der Waals surface area (Å²) in [7, 11) is 0. The Kier molecular flexibility index (Phi) is 4.58. The fourth-order valence-corrected chi connectivity index (χ4v) is 4.46. The van der Waals surface area contributed by atoms with Gasteiger partial charge in [-0.1, -0.05) is 12.1 Å². The molecule has 2 heterocycles. The Hall–Kier alpha value is -3.08. The van der Waals surface area contributed by atoms with Gasteiger partial charge in [-0.3, -0.25) is 4.79 Å². The number of fused-ring (bicyclic) bond motifs is 3. The lowest BCUT2D eigenvalue weighted by Crippen LogP contribution is -2.26. The van der Waals surface area contributed by atoms with Crippen molar-refractivity contribution in [3.05, 3.63) is 65.2 Å². The molecule has 5 rings (SSSR count). The summed E-state index contributed by atoms with van der Waals surface area (Å²) in [5.74, 6) is 1.05. The van der Waals surface area contributed by atoms with Gasteiger partial charge in [-0.2, -0.15) is 0 Å². The molecule has 0 fully saturated rings. The Balaban J connectivity index is 1.19. The van der Waals surface area contributed by atoms with Crippen LogP contribution in [0.2, 0.25) is 0 Å². The molecule has 1 aliphatic rings. The third kappa shape index (κ3) is 3.41. The number of amides is 1. The number of imidazole rings is 1. The molecule has 0 aliphatic heterocycles. The minimum atomic E-state index is 0.0420. The number of benzene rings is 2. The molecule has 0 atom stereocenters. The number of nitrogens with one attached hydrogen (secondary N) is 1. The van der Waals surface area contributed by atoms with Crippen LogP contribution in [-0.4, -0.2) is 22.0 Å². The van der Waals surface area contributed by atoms with E-state index >= 15 is 0 Å². The van der Waals surface area contributed by atoms with E-state index in [4.69, 9.17) is 4.42 Å². The molecule has 29 heavy (non-hydrogen) atoms. The lowest BCUT2D eigenvalue weighted by Gasteiger charge is -2.08. The summed E-state index contributed by atoms with van der Waals surface area (Å²) in [6.45, 7) is 3.52. The van der Waals surface area contributed by atoms with Crippen molar-refractivity contribution in [2.75, 3.05) is 6.54 Å². The second kappa shape index (κ2) is 7.39. The number of carbonyl (C=O) groups is 1. The predicted molar refractivity (Wildman–Crippen MR) is 114 cm³/mol. The second-order valence-corrected chi connectivity index (χ2v) is 7.91. The van der Waals surface area contributed by atoms with Gasteiger partial charge in [-0.15, -0.1) is 0 Å². The first-order chi connectivity index (χ1) is 14.2. The molecule has 2 aromatic carbocycles. The lowest BCUT2D eigenvalue weighted by atomic mass is 10.0. The van der Waals surface area contributed by atoms with Crippen LogP contribution in [0.4, 0.5) is 0 Å². The first kappa shape index (κ1) is 18.0. The Bertz CT molecular complexity index is 1200. The molecule has 0 unspecified atom stereocenters. The molecule has 0 bridgehead atoms. The minimum absolute atomic E-state index is 0.0420. The van der Waals surface area contributed by atoms with E-state index < -0.39 is 0 Å². The first-order valence-electron chi connectivity index (χ1n) is 10.4. The molecule has 5 heteroatoms. The van der Waals surface area contributed by atoms with Crippen LogP contribution >= 0.6 is 0 Å². The monoisotopic (exact) mass is 387 g/mol. The number of nitrogens with zero attached hydrogens (tertiary/aromatic N) is 2. The van der Waals surface area contributed by atoms with E-state index in [1.165, 1.54) is 17.5 Å². The van der Waals surface area contributed by atoms with E-state index in [1.54, 1.807) is 6.26 Å². The normalized spacial score (nSPS) is 13.3. The van der Waals surface area contributed by atoms with E-state index in [2.05, 4.69) is 33.1 Å². The van der Waals surface area contributed by atoms with Crippen molar-refractivity contribution in [1.82, 2.24) is 14.9 Å². The second-order valence-electron chi connectivity index (χ2n) is 7.91. The molecule has 1 amide bonds. The van der Waals surface area contributed by atoms with Gasteiger partial charge in [0.25, 0.3) is 0 Å². The van der Waals surface area contributed by atoms with Gasteiger partial charge in [0.05, 0.1) is 23.7 Å². The van der Waals surface area contributed by atoms with Crippen molar-refractivity contribution in [1.29, 1.82) is 0 Å². The summed E-state index contributed by atoms with van der Waals surface area (Å²) in [6.07, 6.45) is 6.44. The van der Waals surface area contributed by atoms with Crippen molar-refractivity contribution in [3.8, 4) is 0 Å². The summed E-state index contributed by atoms with van der Waals surface area (Å²) in [4.78, 5) is 17.1. The fourth-order valence-electron chi connectivity index (χ4n) is 4.46. The van der Waals surface area contributed by atoms with Crippen LogP contribution in [-0.2, 0) is 30.6 Å². The van der Waals surface area contributed by atoms with Crippen molar-refractivity contribution >= 4 is 27.9 Å². The maximum Gasteiger partial charge on any atom is 0.224 e. The number of carbonyl (C=O) groups excluding carboxylic acids is 1. The van der Waals surface area contributed by atoms with E-state index in [0.717, 1.165) is 59.2 Å². The lowest BCUT2D eigenvalue weighted by molar-refractivity contribution is -0.120. The van der Waals surface area contributed by atoms with Crippen LogP contribution in [0.5, 0.6) is 0 Å². The highest BCUT2D eigenvalue weighted by Gasteiger charge is 2.16. The molecule has 148 valence electrons. The Morgan fingerprint density at radius 2 is 2.03 bits per heavy atom. The topological polar surface area (TPSA) is 60.1 Å². The van der Waals surface area contributed by atoms with Gasteiger partial charge in [0.1, 0.15) is 11.4 Å². The zero-order valence-corrected chi connectivity index (χ0v) is 16.7. The van der Waals surface area contributed by atoms with E-state index in [0.29, 0.717) is 13.0 Å². The van der Waals surface area contributed by atoms with Gasteiger partial charge in [-0.25, -0.2) is 4.98 Å². The zero-order chi connectivity index (χ0) is 19.8. The van der Waals surface area contributed by atoms with Gasteiger partial charge in [0.15, 0.2) is 0 Å². The van der Waals surface area contributed by atoms with Crippen LogP contribution in [0.25, 0.3) is 22.0 Å². The minimum Gasteiger partial charge on any atom is -0.464 e. The van der Waals surface area contributed by atoms with Crippen LogP contribution < -0.4 is 5.32 Å². The zero-order valence-electron chi connectivity index (χ0n) is 16.7. The van der Waals surface area contributed by atoms with Gasteiger partial charge in [0, 0.05) is 24.0 Å². The van der Waals surface area contributed by atoms with Gasteiger partial charge < -0.3 is 14.3 Å². The molecule has 0 saturated heterocycles. The van der Waals surface area contributed by atoms with Crippen molar-refractivity contribution < 1.29 is 9.21 Å². The maximum absolute atomic E-state index is 12.5. The summed E-state index contributed by atoms with van der Waals surface area (Å²) < 4.78 is 7.93. The highest BCUT2D eigenvalue weighted by atomic mass is 16.3. The summed E-state index contributed by atoms with van der Waals surface area (Å²) in [5, 5.41) is 4.14. The number of aromatic nitrogens is 2. The molecule has 4 aromatic rings. The van der Waals surface area contributed by atoms with Crippen molar-refractivity contribution in [3.63, 3.8) is 0 Å². The third-order valence-electron chi connectivity index (χ3n) is 5.95. The number of hydrogen-bond acceptors (Lipinski definition) is 3. The average Bonchev–Trinajstić information content (AvgIpc) is 3.41. The average molecular weight is 387 g/mol. The molecule has 0 saturated carbocycles. The Morgan fingerprint density at radius 1 is 1.21 bits per heavy atom. The molecular formula is C24H25N3O2. The summed E-state index contributed by atoms with van der Waals surface area (Å²) >= 11 is 0. The molecular weight excluding hydrogens is 362 g/mol. The third-order valence-corrected chi connectivity index (χ3v) is 5.95. The van der Waals surface area contributed by atoms with Crippen LogP contribution in [0.15, 0.2) is 47.1 Å². The van der Waals surface area contributed by atoms with Crippen molar-refractivity contribution in [2.24, 2.45) is 0 Å². The molecule has 1 aliphatic carbocycles. The number of furan rings is 1. The van der Waals surface area contributed by atoms with Gasteiger partial charge in [0.2, 0.25) is 5.91 Å². The smallest absolute Gasteiger partial charge is 0.224 e. The van der Waals surface area contributed by atoms with Gasteiger partial charge >= 0.3 is 0 Å². The highest BCUT2D eigenvalue weighted by molar-refractivity contribution is 5.88. The Morgan fingerprint density at radius 3 is 2.93 bits per heavy atom.